The second-order valence-corrected chi connectivity index (χ2v) is 4.61. The minimum Gasteiger partial charge on any atom is -0.496 e. The predicted octanol–water partition coefficient (Wildman–Crippen LogP) is 2.60. The Kier molecular flexibility index (Phi) is 4.16. The summed E-state index contributed by atoms with van der Waals surface area (Å²) in [4.78, 5) is 10.9. The Balaban J connectivity index is 3.44. The fraction of sp³-hybridized carbons (Fsp3) is 0.462. The van der Waals surface area contributed by atoms with Crippen LogP contribution in [0.4, 0.5) is 4.39 Å². The number of halogens is 1. The zero-order valence-corrected chi connectivity index (χ0v) is 10.9. The van der Waals surface area contributed by atoms with E-state index < -0.39 is 17.2 Å². The van der Waals surface area contributed by atoms with Crippen molar-refractivity contribution in [1.29, 1.82) is 0 Å². The molecule has 0 spiro atoms. The SMILES string of the molecule is COc1ccc(F)c(OC)c1C(C)(C)CC(=O)O. The van der Waals surface area contributed by atoms with Crippen LogP contribution in [0.5, 0.6) is 11.5 Å². The van der Waals surface area contributed by atoms with E-state index in [0.717, 1.165) is 0 Å². The van der Waals surface area contributed by atoms with Gasteiger partial charge in [-0.05, 0) is 12.1 Å². The zero-order chi connectivity index (χ0) is 13.9. The highest BCUT2D eigenvalue weighted by Gasteiger charge is 2.32. The van der Waals surface area contributed by atoms with Crippen LogP contribution in [0.25, 0.3) is 0 Å². The first kappa shape index (κ1) is 14.3. The summed E-state index contributed by atoms with van der Waals surface area (Å²) in [7, 11) is 2.80. The molecule has 0 aliphatic rings. The van der Waals surface area contributed by atoms with Crippen LogP contribution in [0.15, 0.2) is 12.1 Å². The highest BCUT2D eigenvalue weighted by Crippen LogP contribution is 2.42. The molecule has 18 heavy (non-hydrogen) atoms. The molecule has 100 valence electrons. The largest absolute Gasteiger partial charge is 0.496 e. The Hall–Kier alpha value is -1.78. The van der Waals surface area contributed by atoms with E-state index in [4.69, 9.17) is 14.6 Å². The van der Waals surface area contributed by atoms with Crippen LogP contribution in [-0.2, 0) is 10.2 Å². The second-order valence-electron chi connectivity index (χ2n) is 4.61. The van der Waals surface area contributed by atoms with Crippen molar-refractivity contribution >= 4 is 5.97 Å². The molecule has 1 N–H and O–H groups in total. The number of methoxy groups -OCH3 is 2. The summed E-state index contributed by atoms with van der Waals surface area (Å²) in [5, 5.41) is 8.93. The molecule has 1 aromatic rings. The van der Waals surface area contributed by atoms with Crippen molar-refractivity contribution in [3.8, 4) is 11.5 Å². The van der Waals surface area contributed by atoms with E-state index in [1.165, 1.54) is 26.4 Å². The molecule has 0 aliphatic carbocycles. The number of carboxylic acids is 1. The van der Waals surface area contributed by atoms with E-state index in [1.54, 1.807) is 13.8 Å². The molecule has 0 saturated carbocycles. The molecule has 4 nitrogen and oxygen atoms in total. The summed E-state index contributed by atoms with van der Waals surface area (Å²) in [5.74, 6) is -1.06. The fourth-order valence-corrected chi connectivity index (χ4v) is 2.02. The molecule has 0 fully saturated rings. The van der Waals surface area contributed by atoms with Crippen molar-refractivity contribution in [3.63, 3.8) is 0 Å². The van der Waals surface area contributed by atoms with Crippen LogP contribution >= 0.6 is 0 Å². The average Bonchev–Trinajstić information content (AvgIpc) is 2.26. The van der Waals surface area contributed by atoms with Crippen molar-refractivity contribution in [2.24, 2.45) is 0 Å². The third-order valence-electron chi connectivity index (χ3n) is 2.77. The van der Waals surface area contributed by atoms with Crippen molar-refractivity contribution in [2.45, 2.75) is 25.7 Å². The Labute approximate surface area is 105 Å². The number of carboxylic acid groups (broad SMARTS) is 1. The smallest absolute Gasteiger partial charge is 0.304 e. The van der Waals surface area contributed by atoms with Gasteiger partial charge in [0.2, 0.25) is 0 Å². The fourth-order valence-electron chi connectivity index (χ4n) is 2.02. The van der Waals surface area contributed by atoms with Crippen LogP contribution in [0.2, 0.25) is 0 Å². The van der Waals surface area contributed by atoms with E-state index in [2.05, 4.69) is 0 Å². The van der Waals surface area contributed by atoms with E-state index in [-0.39, 0.29) is 12.2 Å². The maximum Gasteiger partial charge on any atom is 0.304 e. The van der Waals surface area contributed by atoms with Gasteiger partial charge in [-0.25, -0.2) is 4.39 Å². The summed E-state index contributed by atoms with van der Waals surface area (Å²) in [6.07, 6.45) is -0.150. The highest BCUT2D eigenvalue weighted by molar-refractivity contribution is 5.70. The van der Waals surface area contributed by atoms with Gasteiger partial charge in [-0.2, -0.15) is 0 Å². The monoisotopic (exact) mass is 256 g/mol. The predicted molar refractivity (Wildman–Crippen MR) is 64.8 cm³/mol. The van der Waals surface area contributed by atoms with Gasteiger partial charge in [0.05, 0.1) is 20.6 Å². The first-order chi connectivity index (χ1) is 8.33. The molecular weight excluding hydrogens is 239 g/mol. The summed E-state index contributed by atoms with van der Waals surface area (Å²) < 4.78 is 23.9. The lowest BCUT2D eigenvalue weighted by molar-refractivity contribution is -0.138. The van der Waals surface area contributed by atoms with E-state index in [0.29, 0.717) is 11.3 Å². The number of hydrogen-bond acceptors (Lipinski definition) is 3. The average molecular weight is 256 g/mol. The summed E-state index contributed by atoms with van der Waals surface area (Å²) in [6, 6.07) is 2.70. The van der Waals surface area contributed by atoms with Gasteiger partial charge in [0.25, 0.3) is 0 Å². The molecule has 0 bridgehead atoms. The first-order valence-electron chi connectivity index (χ1n) is 5.46. The minimum absolute atomic E-state index is 0.0283. The highest BCUT2D eigenvalue weighted by atomic mass is 19.1. The maximum absolute atomic E-state index is 13.7. The molecule has 0 aliphatic heterocycles. The van der Waals surface area contributed by atoms with Crippen LogP contribution < -0.4 is 9.47 Å². The Morgan fingerprint density at radius 2 is 1.94 bits per heavy atom. The Bertz CT molecular complexity index is 455. The summed E-state index contributed by atoms with van der Waals surface area (Å²) in [5.41, 5.74) is -0.375. The van der Waals surface area contributed by atoms with Crippen LogP contribution in [-0.4, -0.2) is 25.3 Å². The van der Waals surface area contributed by atoms with Gasteiger partial charge in [-0.3, -0.25) is 4.79 Å². The molecule has 5 heteroatoms. The molecular formula is C13H17FO4. The topological polar surface area (TPSA) is 55.8 Å². The number of aliphatic carboxylic acids is 1. The number of ether oxygens (including phenoxy) is 2. The maximum atomic E-state index is 13.7. The van der Waals surface area contributed by atoms with E-state index in [1.807, 2.05) is 0 Å². The molecule has 1 rings (SSSR count). The molecule has 0 unspecified atom stereocenters. The first-order valence-corrected chi connectivity index (χ1v) is 5.46. The van der Waals surface area contributed by atoms with E-state index >= 15 is 0 Å². The Morgan fingerprint density at radius 1 is 1.33 bits per heavy atom. The van der Waals surface area contributed by atoms with Crippen LogP contribution in [0.1, 0.15) is 25.8 Å². The Morgan fingerprint density at radius 3 is 2.39 bits per heavy atom. The number of benzene rings is 1. The molecule has 1 aromatic carbocycles. The van der Waals surface area contributed by atoms with Gasteiger partial charge in [0.1, 0.15) is 5.75 Å². The summed E-state index contributed by atoms with van der Waals surface area (Å²) >= 11 is 0. The van der Waals surface area contributed by atoms with Gasteiger partial charge < -0.3 is 14.6 Å². The normalized spacial score (nSPS) is 11.2. The van der Waals surface area contributed by atoms with Gasteiger partial charge in [0, 0.05) is 11.0 Å². The molecule has 0 atom stereocenters. The minimum atomic E-state index is -0.964. The lowest BCUT2D eigenvalue weighted by Gasteiger charge is -2.27. The molecule has 0 heterocycles. The third-order valence-corrected chi connectivity index (χ3v) is 2.77. The third kappa shape index (κ3) is 2.72. The van der Waals surface area contributed by atoms with Gasteiger partial charge in [0.15, 0.2) is 11.6 Å². The van der Waals surface area contributed by atoms with Crippen molar-refractivity contribution in [3.05, 3.63) is 23.5 Å². The molecule has 0 radical (unpaired) electrons. The molecule has 0 amide bonds. The van der Waals surface area contributed by atoms with E-state index in [9.17, 15) is 9.18 Å². The quantitative estimate of drug-likeness (QED) is 0.879. The second kappa shape index (κ2) is 5.25. The molecule has 0 aromatic heterocycles. The van der Waals surface area contributed by atoms with Crippen molar-refractivity contribution < 1.29 is 23.8 Å². The van der Waals surface area contributed by atoms with Crippen molar-refractivity contribution in [1.82, 2.24) is 0 Å². The van der Waals surface area contributed by atoms with Crippen LogP contribution in [0, 0.1) is 5.82 Å². The molecule has 0 saturated heterocycles. The van der Waals surface area contributed by atoms with Gasteiger partial charge in [-0.1, -0.05) is 13.8 Å². The number of hydrogen-bond donors (Lipinski definition) is 1. The lowest BCUT2D eigenvalue weighted by Crippen LogP contribution is -2.23. The lowest BCUT2D eigenvalue weighted by atomic mass is 9.80. The standard InChI is InChI=1S/C13H17FO4/c1-13(2,7-10(15)16)11-9(17-3)6-5-8(14)12(11)18-4/h5-6H,7H2,1-4H3,(H,15,16). The van der Waals surface area contributed by atoms with Crippen LogP contribution in [0.3, 0.4) is 0 Å². The zero-order valence-electron chi connectivity index (χ0n) is 10.9. The number of carbonyl (C=O) groups is 1. The van der Waals surface area contributed by atoms with Crippen molar-refractivity contribution in [2.75, 3.05) is 14.2 Å². The van der Waals surface area contributed by atoms with Gasteiger partial charge in [-0.15, -0.1) is 0 Å². The number of rotatable bonds is 5. The van der Waals surface area contributed by atoms with Gasteiger partial charge >= 0.3 is 5.97 Å². The summed E-state index contributed by atoms with van der Waals surface area (Å²) in [6.45, 7) is 3.42.